The van der Waals surface area contributed by atoms with Crippen LogP contribution in [0, 0.1) is 17.3 Å². The molecule has 3 fully saturated rings. The lowest BCUT2D eigenvalue weighted by Gasteiger charge is -2.44. The Bertz CT molecular complexity index is 313. The number of aliphatic hydroxyl groups is 1. The maximum absolute atomic E-state index is 9.30. The molecule has 2 aliphatic carbocycles. The highest BCUT2D eigenvalue weighted by atomic mass is 16.3. The molecule has 3 heteroatoms. The Balaban J connectivity index is 1.53. The lowest BCUT2D eigenvalue weighted by Crippen LogP contribution is -2.48. The van der Waals surface area contributed by atoms with Gasteiger partial charge in [-0.2, -0.15) is 0 Å². The molecule has 0 aromatic rings. The van der Waals surface area contributed by atoms with Crippen LogP contribution in [0.15, 0.2) is 0 Å². The van der Waals surface area contributed by atoms with Crippen molar-refractivity contribution in [1.82, 2.24) is 10.2 Å². The first-order valence-electron chi connectivity index (χ1n) is 9.26. The Morgan fingerprint density at radius 3 is 2.29 bits per heavy atom. The molecule has 1 saturated heterocycles. The van der Waals surface area contributed by atoms with E-state index in [0.717, 1.165) is 12.0 Å². The molecule has 1 heterocycles. The smallest absolute Gasteiger partial charge is 0.0460 e. The van der Waals surface area contributed by atoms with Gasteiger partial charge in [0.25, 0.3) is 0 Å². The molecule has 0 unspecified atom stereocenters. The third-order valence-corrected chi connectivity index (χ3v) is 6.20. The fourth-order valence-corrected chi connectivity index (χ4v) is 4.22. The number of likely N-dealkylation sites (tertiary alicyclic amines) is 1. The second-order valence-electron chi connectivity index (χ2n) is 8.24. The van der Waals surface area contributed by atoms with Crippen molar-refractivity contribution in [2.75, 3.05) is 32.8 Å². The molecule has 0 amide bonds. The maximum atomic E-state index is 9.30. The number of rotatable bonds is 6. The van der Waals surface area contributed by atoms with Crippen molar-refractivity contribution < 1.29 is 5.11 Å². The average Bonchev–Trinajstić information content (AvgIpc) is 3.33. The molecule has 0 aromatic carbocycles. The number of aliphatic hydroxyl groups excluding tert-OH is 1. The van der Waals surface area contributed by atoms with E-state index in [1.165, 1.54) is 77.5 Å². The number of hydrogen-bond donors (Lipinski definition) is 2. The first kappa shape index (κ1) is 15.8. The standard InChI is InChI=1S/C18H34N2O/c1-15-4-8-18(9-5-15,13-19-17-2-3-17)14-20-10-6-16(12-21)7-11-20/h15-17,19,21H,2-14H2,1H3. The fraction of sp³-hybridized carbons (Fsp3) is 1.00. The lowest BCUT2D eigenvalue weighted by molar-refractivity contribution is 0.0566. The van der Waals surface area contributed by atoms with E-state index >= 15 is 0 Å². The normalized spacial score (nSPS) is 36.0. The van der Waals surface area contributed by atoms with Crippen molar-refractivity contribution in [1.29, 1.82) is 0 Å². The summed E-state index contributed by atoms with van der Waals surface area (Å²) >= 11 is 0. The van der Waals surface area contributed by atoms with Gasteiger partial charge in [0.15, 0.2) is 0 Å². The van der Waals surface area contributed by atoms with Crippen molar-refractivity contribution in [2.24, 2.45) is 17.3 Å². The van der Waals surface area contributed by atoms with Crippen LogP contribution in [-0.4, -0.2) is 48.8 Å². The van der Waals surface area contributed by atoms with E-state index in [1.807, 2.05) is 0 Å². The molecule has 0 bridgehead atoms. The van der Waals surface area contributed by atoms with Gasteiger partial charge in [-0.15, -0.1) is 0 Å². The summed E-state index contributed by atoms with van der Waals surface area (Å²) in [5.41, 5.74) is 0.529. The highest BCUT2D eigenvalue weighted by Crippen LogP contribution is 2.40. The van der Waals surface area contributed by atoms with E-state index < -0.39 is 0 Å². The highest BCUT2D eigenvalue weighted by Gasteiger charge is 2.37. The average molecular weight is 294 g/mol. The van der Waals surface area contributed by atoms with E-state index in [1.54, 1.807) is 0 Å². The van der Waals surface area contributed by atoms with Gasteiger partial charge in [0.1, 0.15) is 0 Å². The number of piperidine rings is 1. The zero-order valence-electron chi connectivity index (χ0n) is 13.8. The topological polar surface area (TPSA) is 35.5 Å². The molecule has 21 heavy (non-hydrogen) atoms. The molecule has 3 nitrogen and oxygen atoms in total. The summed E-state index contributed by atoms with van der Waals surface area (Å²) in [6, 6.07) is 0.835. The number of hydrogen-bond acceptors (Lipinski definition) is 3. The van der Waals surface area contributed by atoms with Crippen LogP contribution < -0.4 is 5.32 Å². The molecule has 0 atom stereocenters. The van der Waals surface area contributed by atoms with E-state index in [4.69, 9.17) is 0 Å². The molecule has 122 valence electrons. The van der Waals surface area contributed by atoms with E-state index in [2.05, 4.69) is 17.1 Å². The predicted octanol–water partition coefficient (Wildman–Crippen LogP) is 2.64. The quantitative estimate of drug-likeness (QED) is 0.790. The summed E-state index contributed by atoms with van der Waals surface area (Å²) in [7, 11) is 0. The Hall–Kier alpha value is -0.120. The monoisotopic (exact) mass is 294 g/mol. The Morgan fingerprint density at radius 1 is 1.05 bits per heavy atom. The maximum Gasteiger partial charge on any atom is 0.0460 e. The molecule has 2 N–H and O–H groups in total. The summed E-state index contributed by atoms with van der Waals surface area (Å²) in [6.07, 6.45) is 10.8. The summed E-state index contributed by atoms with van der Waals surface area (Å²) in [5, 5.41) is 13.1. The SMILES string of the molecule is CC1CCC(CNC2CC2)(CN2CCC(CO)CC2)CC1. The minimum atomic E-state index is 0.389. The van der Waals surface area contributed by atoms with Crippen molar-refractivity contribution in [2.45, 2.75) is 64.3 Å². The van der Waals surface area contributed by atoms with E-state index in [-0.39, 0.29) is 0 Å². The molecule has 3 aliphatic rings. The molecule has 0 aromatic heterocycles. The van der Waals surface area contributed by atoms with Gasteiger partial charge in [-0.1, -0.05) is 19.8 Å². The molecular weight excluding hydrogens is 260 g/mol. The van der Waals surface area contributed by atoms with Gasteiger partial charge in [-0.3, -0.25) is 0 Å². The van der Waals surface area contributed by atoms with Gasteiger partial charge >= 0.3 is 0 Å². The molecule has 0 spiro atoms. The van der Waals surface area contributed by atoms with Crippen molar-refractivity contribution in [3.05, 3.63) is 0 Å². The zero-order valence-corrected chi connectivity index (χ0v) is 13.8. The minimum Gasteiger partial charge on any atom is -0.396 e. The molecule has 0 radical (unpaired) electrons. The molecule has 3 rings (SSSR count). The van der Waals surface area contributed by atoms with Crippen LogP contribution in [0.1, 0.15) is 58.3 Å². The summed E-state index contributed by atoms with van der Waals surface area (Å²) < 4.78 is 0. The first-order chi connectivity index (χ1) is 10.2. The molecule has 1 aliphatic heterocycles. The van der Waals surface area contributed by atoms with Gasteiger partial charge in [0.05, 0.1) is 0 Å². The second kappa shape index (κ2) is 6.97. The Kier molecular flexibility index (Phi) is 5.23. The zero-order chi connectivity index (χ0) is 14.7. The summed E-state index contributed by atoms with van der Waals surface area (Å²) in [5.74, 6) is 1.49. The number of nitrogens with zero attached hydrogens (tertiary/aromatic N) is 1. The molecular formula is C18H34N2O. The van der Waals surface area contributed by atoms with Crippen LogP contribution >= 0.6 is 0 Å². The second-order valence-corrected chi connectivity index (χ2v) is 8.24. The third-order valence-electron chi connectivity index (χ3n) is 6.20. The first-order valence-corrected chi connectivity index (χ1v) is 9.26. The summed E-state index contributed by atoms with van der Waals surface area (Å²) in [6.45, 7) is 7.74. The minimum absolute atomic E-state index is 0.389. The van der Waals surface area contributed by atoms with Gasteiger partial charge in [-0.25, -0.2) is 0 Å². The predicted molar refractivity (Wildman–Crippen MR) is 87.3 cm³/mol. The lowest BCUT2D eigenvalue weighted by atomic mass is 9.70. The van der Waals surface area contributed by atoms with Crippen LogP contribution in [-0.2, 0) is 0 Å². The van der Waals surface area contributed by atoms with Gasteiger partial charge < -0.3 is 15.3 Å². The van der Waals surface area contributed by atoms with Crippen LogP contribution in [0.25, 0.3) is 0 Å². The van der Waals surface area contributed by atoms with Crippen LogP contribution in [0.2, 0.25) is 0 Å². The number of nitrogens with one attached hydrogen (secondary N) is 1. The Morgan fingerprint density at radius 2 is 1.71 bits per heavy atom. The van der Waals surface area contributed by atoms with Crippen molar-refractivity contribution in [3.8, 4) is 0 Å². The fourth-order valence-electron chi connectivity index (χ4n) is 4.22. The van der Waals surface area contributed by atoms with E-state index in [0.29, 0.717) is 17.9 Å². The van der Waals surface area contributed by atoms with Crippen LogP contribution in [0.5, 0.6) is 0 Å². The highest BCUT2D eigenvalue weighted by molar-refractivity contribution is 4.93. The molecule has 2 saturated carbocycles. The van der Waals surface area contributed by atoms with Gasteiger partial charge in [0.2, 0.25) is 0 Å². The summed E-state index contributed by atoms with van der Waals surface area (Å²) in [4.78, 5) is 2.69. The van der Waals surface area contributed by atoms with Crippen LogP contribution in [0.4, 0.5) is 0 Å². The largest absolute Gasteiger partial charge is 0.396 e. The third kappa shape index (κ3) is 4.43. The van der Waals surface area contributed by atoms with Crippen molar-refractivity contribution >= 4 is 0 Å². The van der Waals surface area contributed by atoms with Crippen molar-refractivity contribution in [3.63, 3.8) is 0 Å². The Labute approximate surface area is 130 Å². The van der Waals surface area contributed by atoms with Gasteiger partial charge in [-0.05, 0) is 68.9 Å². The van der Waals surface area contributed by atoms with Crippen LogP contribution in [0.3, 0.4) is 0 Å². The van der Waals surface area contributed by atoms with E-state index in [9.17, 15) is 5.11 Å². The van der Waals surface area contributed by atoms with Gasteiger partial charge in [0, 0.05) is 25.7 Å².